The Bertz CT molecular complexity index is 184. The molecule has 0 spiro atoms. The number of hydrogen-bond donors (Lipinski definition) is 2. The van der Waals surface area contributed by atoms with Gasteiger partial charge in [-0.1, -0.05) is 20.8 Å². The number of amides is 1. The molecule has 2 N–H and O–H groups in total. The molecule has 0 aliphatic heterocycles. The number of carbonyl (C=O) groups excluding carboxylic acids is 1. The van der Waals surface area contributed by atoms with Crippen LogP contribution in [0.2, 0.25) is 0 Å². The molecule has 1 atom stereocenters. The van der Waals surface area contributed by atoms with E-state index in [9.17, 15) is 4.79 Å². The Morgan fingerprint density at radius 3 is 2.50 bits per heavy atom. The van der Waals surface area contributed by atoms with Crippen molar-refractivity contribution in [1.29, 1.82) is 0 Å². The first-order valence-corrected chi connectivity index (χ1v) is 6.19. The van der Waals surface area contributed by atoms with Gasteiger partial charge in [-0.2, -0.15) is 0 Å². The normalized spacial score (nSPS) is 12.8. The quantitative estimate of drug-likeness (QED) is 0.584. The Morgan fingerprint density at radius 1 is 1.31 bits per heavy atom. The highest BCUT2D eigenvalue weighted by Crippen LogP contribution is 2.01. The van der Waals surface area contributed by atoms with Crippen LogP contribution in [0.15, 0.2) is 0 Å². The first kappa shape index (κ1) is 15.4. The molecule has 0 aliphatic rings. The van der Waals surface area contributed by atoms with E-state index in [1.54, 1.807) is 0 Å². The minimum absolute atomic E-state index is 0.0480. The summed E-state index contributed by atoms with van der Waals surface area (Å²) in [6, 6.07) is 0.107. The van der Waals surface area contributed by atoms with Crippen molar-refractivity contribution in [3.8, 4) is 0 Å². The summed E-state index contributed by atoms with van der Waals surface area (Å²) in [5.41, 5.74) is 0. The lowest BCUT2D eigenvalue weighted by atomic mass is 10.1. The van der Waals surface area contributed by atoms with Gasteiger partial charge in [-0.25, -0.2) is 0 Å². The summed E-state index contributed by atoms with van der Waals surface area (Å²) >= 11 is 0. The van der Waals surface area contributed by atoms with Gasteiger partial charge < -0.3 is 15.4 Å². The van der Waals surface area contributed by atoms with Crippen LogP contribution < -0.4 is 10.6 Å². The molecule has 0 bridgehead atoms. The Kier molecular flexibility index (Phi) is 9.24. The maximum Gasteiger partial charge on any atom is 0.234 e. The molecular formula is C12H26N2O2. The van der Waals surface area contributed by atoms with Crippen molar-refractivity contribution in [1.82, 2.24) is 10.6 Å². The molecular weight excluding hydrogens is 204 g/mol. The molecule has 0 aliphatic carbocycles. The Hall–Kier alpha value is -0.610. The second kappa shape index (κ2) is 9.60. The van der Waals surface area contributed by atoms with Crippen LogP contribution in [0.5, 0.6) is 0 Å². The van der Waals surface area contributed by atoms with Crippen molar-refractivity contribution in [2.75, 3.05) is 26.3 Å². The van der Waals surface area contributed by atoms with E-state index in [0.717, 1.165) is 13.0 Å². The van der Waals surface area contributed by atoms with Crippen molar-refractivity contribution in [3.05, 3.63) is 0 Å². The summed E-state index contributed by atoms with van der Waals surface area (Å²) in [4.78, 5) is 11.6. The molecule has 4 nitrogen and oxygen atoms in total. The summed E-state index contributed by atoms with van der Waals surface area (Å²) in [5.74, 6) is 0.438. The van der Waals surface area contributed by atoms with Gasteiger partial charge in [0.2, 0.25) is 5.91 Å². The van der Waals surface area contributed by atoms with Gasteiger partial charge in [0.25, 0.3) is 0 Å². The van der Waals surface area contributed by atoms with Crippen LogP contribution in [0.1, 0.15) is 34.1 Å². The van der Waals surface area contributed by atoms with Crippen molar-refractivity contribution in [2.24, 2.45) is 5.92 Å². The second-order valence-corrected chi connectivity index (χ2v) is 4.25. The van der Waals surface area contributed by atoms with E-state index in [0.29, 0.717) is 25.7 Å². The third-order valence-electron chi connectivity index (χ3n) is 2.36. The topological polar surface area (TPSA) is 50.4 Å². The molecule has 1 amide bonds. The summed E-state index contributed by atoms with van der Waals surface area (Å²) < 4.78 is 5.35. The van der Waals surface area contributed by atoms with Crippen molar-refractivity contribution >= 4 is 5.91 Å². The van der Waals surface area contributed by atoms with Crippen LogP contribution in [0, 0.1) is 5.92 Å². The average Bonchev–Trinajstić information content (AvgIpc) is 2.24. The molecule has 0 saturated carbocycles. The van der Waals surface area contributed by atoms with Gasteiger partial charge in [0.15, 0.2) is 0 Å². The summed E-state index contributed by atoms with van der Waals surface area (Å²) in [7, 11) is 0. The fraction of sp³-hybridized carbons (Fsp3) is 0.917. The molecule has 0 radical (unpaired) electrons. The van der Waals surface area contributed by atoms with E-state index in [1.165, 1.54) is 0 Å². The predicted molar refractivity (Wildman–Crippen MR) is 66.4 cm³/mol. The molecule has 1 unspecified atom stereocenters. The Labute approximate surface area is 99.1 Å². The first-order valence-electron chi connectivity index (χ1n) is 6.19. The lowest BCUT2D eigenvalue weighted by Gasteiger charge is -2.22. The zero-order valence-electron chi connectivity index (χ0n) is 11.0. The number of nitrogens with one attached hydrogen (secondary N) is 2. The minimum Gasteiger partial charge on any atom is -0.380 e. The van der Waals surface area contributed by atoms with Crippen LogP contribution in [-0.4, -0.2) is 38.3 Å². The van der Waals surface area contributed by atoms with Gasteiger partial charge in [0.1, 0.15) is 0 Å². The van der Waals surface area contributed by atoms with E-state index in [2.05, 4.69) is 31.4 Å². The van der Waals surface area contributed by atoms with Crippen molar-refractivity contribution in [2.45, 2.75) is 40.2 Å². The summed E-state index contributed by atoms with van der Waals surface area (Å²) in [5, 5.41) is 6.07. The smallest absolute Gasteiger partial charge is 0.234 e. The zero-order chi connectivity index (χ0) is 12.4. The maximum absolute atomic E-state index is 11.6. The summed E-state index contributed by atoms with van der Waals surface area (Å²) in [6.07, 6.45) is 1.04. The van der Waals surface area contributed by atoms with Crippen LogP contribution in [0.3, 0.4) is 0 Å². The van der Waals surface area contributed by atoms with Gasteiger partial charge in [0, 0.05) is 6.61 Å². The number of hydrogen-bond acceptors (Lipinski definition) is 3. The van der Waals surface area contributed by atoms with E-state index in [1.807, 2.05) is 6.92 Å². The molecule has 0 rings (SSSR count). The van der Waals surface area contributed by atoms with Crippen LogP contribution in [0.4, 0.5) is 0 Å². The van der Waals surface area contributed by atoms with Gasteiger partial charge in [-0.15, -0.1) is 0 Å². The second-order valence-electron chi connectivity index (χ2n) is 4.25. The Morgan fingerprint density at radius 2 is 2.00 bits per heavy atom. The highest BCUT2D eigenvalue weighted by atomic mass is 16.5. The highest BCUT2D eigenvalue weighted by Gasteiger charge is 2.15. The molecule has 0 heterocycles. The van der Waals surface area contributed by atoms with Crippen LogP contribution in [0.25, 0.3) is 0 Å². The van der Waals surface area contributed by atoms with Crippen molar-refractivity contribution < 1.29 is 9.53 Å². The zero-order valence-corrected chi connectivity index (χ0v) is 11.0. The predicted octanol–water partition coefficient (Wildman–Crippen LogP) is 1.16. The fourth-order valence-electron chi connectivity index (χ4n) is 1.28. The SMILES string of the molecule is CCCNCC(=O)NC(COCC)C(C)C. The standard InChI is InChI=1S/C12H26N2O2/c1-5-7-13-8-12(15)14-11(10(3)4)9-16-6-2/h10-11,13H,5-9H2,1-4H3,(H,14,15). The van der Waals surface area contributed by atoms with E-state index in [-0.39, 0.29) is 11.9 Å². The number of carbonyl (C=O) groups is 1. The van der Waals surface area contributed by atoms with Gasteiger partial charge in [-0.05, 0) is 25.8 Å². The highest BCUT2D eigenvalue weighted by molar-refractivity contribution is 5.78. The molecule has 4 heteroatoms. The third-order valence-corrected chi connectivity index (χ3v) is 2.36. The number of rotatable bonds is 9. The largest absolute Gasteiger partial charge is 0.380 e. The third kappa shape index (κ3) is 7.65. The maximum atomic E-state index is 11.6. The lowest BCUT2D eigenvalue weighted by molar-refractivity contribution is -0.121. The van der Waals surface area contributed by atoms with E-state index < -0.39 is 0 Å². The molecule has 0 aromatic rings. The average molecular weight is 230 g/mol. The molecule has 96 valence electrons. The lowest BCUT2D eigenvalue weighted by Crippen LogP contribution is -2.45. The first-order chi connectivity index (χ1) is 7.61. The number of ether oxygens (including phenoxy) is 1. The molecule has 0 fully saturated rings. The van der Waals surface area contributed by atoms with Gasteiger partial charge in [-0.3, -0.25) is 4.79 Å². The van der Waals surface area contributed by atoms with E-state index >= 15 is 0 Å². The van der Waals surface area contributed by atoms with Gasteiger partial charge in [0.05, 0.1) is 19.2 Å². The van der Waals surface area contributed by atoms with Crippen LogP contribution in [-0.2, 0) is 9.53 Å². The molecule has 0 saturated heterocycles. The molecule has 0 aromatic heterocycles. The fourth-order valence-corrected chi connectivity index (χ4v) is 1.28. The summed E-state index contributed by atoms with van der Waals surface area (Å²) in [6.45, 7) is 10.8. The van der Waals surface area contributed by atoms with E-state index in [4.69, 9.17) is 4.74 Å². The molecule has 16 heavy (non-hydrogen) atoms. The van der Waals surface area contributed by atoms with Gasteiger partial charge >= 0.3 is 0 Å². The van der Waals surface area contributed by atoms with Crippen molar-refractivity contribution in [3.63, 3.8) is 0 Å². The van der Waals surface area contributed by atoms with Crippen LogP contribution >= 0.6 is 0 Å². The molecule has 0 aromatic carbocycles. The Balaban J connectivity index is 3.83. The minimum atomic E-state index is 0.0480. The monoisotopic (exact) mass is 230 g/mol.